The van der Waals surface area contributed by atoms with Crippen LogP contribution in [0.2, 0.25) is 0 Å². The van der Waals surface area contributed by atoms with Crippen molar-refractivity contribution in [1.82, 2.24) is 4.98 Å². The molecule has 2 nitrogen and oxygen atoms in total. The molecule has 13 heavy (non-hydrogen) atoms. The average Bonchev–Trinajstić information content (AvgIpc) is 2.69. The highest BCUT2D eigenvalue weighted by atomic mass is 32.1. The minimum atomic E-state index is 0.799. The lowest BCUT2D eigenvalue weighted by molar-refractivity contribution is 1.07. The van der Waals surface area contributed by atoms with Gasteiger partial charge in [-0.25, -0.2) is 4.98 Å². The van der Waals surface area contributed by atoms with Crippen LogP contribution >= 0.6 is 11.3 Å². The molecule has 2 rings (SSSR count). The van der Waals surface area contributed by atoms with Gasteiger partial charge in [0, 0.05) is 11.1 Å². The Morgan fingerprint density at radius 2 is 2.08 bits per heavy atom. The third-order valence-corrected chi connectivity index (χ3v) is 2.37. The average molecular weight is 190 g/mol. The Bertz CT molecular complexity index is 342. The predicted octanol–water partition coefficient (Wildman–Crippen LogP) is 2.76. The molecule has 0 atom stereocenters. The van der Waals surface area contributed by atoms with Crippen molar-refractivity contribution >= 4 is 17.0 Å². The van der Waals surface area contributed by atoms with Crippen molar-refractivity contribution in [3.8, 4) is 0 Å². The van der Waals surface area contributed by atoms with Crippen molar-refractivity contribution in [1.29, 1.82) is 0 Å². The molecule has 0 spiro atoms. The molecule has 2 aromatic rings. The summed E-state index contributed by atoms with van der Waals surface area (Å²) in [6, 6.07) is 10.1. The number of benzene rings is 1. The van der Waals surface area contributed by atoms with Gasteiger partial charge in [-0.1, -0.05) is 18.2 Å². The summed E-state index contributed by atoms with van der Waals surface area (Å²) in [7, 11) is 0. The Hall–Kier alpha value is -1.35. The highest BCUT2D eigenvalue weighted by Gasteiger charge is 1.93. The van der Waals surface area contributed by atoms with E-state index in [1.807, 2.05) is 35.8 Å². The number of thiazole rings is 1. The van der Waals surface area contributed by atoms with Crippen LogP contribution in [0.4, 0.5) is 5.69 Å². The summed E-state index contributed by atoms with van der Waals surface area (Å²) >= 11 is 1.62. The van der Waals surface area contributed by atoms with E-state index in [-0.39, 0.29) is 0 Å². The van der Waals surface area contributed by atoms with E-state index >= 15 is 0 Å². The fraction of sp³-hybridized carbons (Fsp3) is 0.100. The van der Waals surface area contributed by atoms with Crippen LogP contribution in [0.5, 0.6) is 0 Å². The van der Waals surface area contributed by atoms with Gasteiger partial charge in [-0.2, -0.15) is 0 Å². The zero-order chi connectivity index (χ0) is 8.93. The van der Waals surface area contributed by atoms with Crippen LogP contribution in [0.1, 0.15) is 5.69 Å². The van der Waals surface area contributed by atoms with E-state index in [0.29, 0.717) is 0 Å². The Morgan fingerprint density at radius 3 is 2.77 bits per heavy atom. The fourth-order valence-electron chi connectivity index (χ4n) is 1.07. The molecular weight excluding hydrogens is 180 g/mol. The number of para-hydroxylation sites is 1. The molecule has 0 aliphatic rings. The first-order valence-electron chi connectivity index (χ1n) is 4.11. The molecule has 0 bridgehead atoms. The number of aromatic nitrogens is 1. The Labute approximate surface area is 81.3 Å². The van der Waals surface area contributed by atoms with Crippen molar-refractivity contribution < 1.29 is 0 Å². The molecule has 1 aromatic carbocycles. The Morgan fingerprint density at radius 1 is 1.23 bits per heavy atom. The van der Waals surface area contributed by atoms with Crippen LogP contribution in [0, 0.1) is 0 Å². The topological polar surface area (TPSA) is 24.9 Å². The van der Waals surface area contributed by atoms with Crippen molar-refractivity contribution in [2.75, 3.05) is 5.32 Å². The van der Waals surface area contributed by atoms with Crippen LogP contribution in [-0.2, 0) is 6.54 Å². The van der Waals surface area contributed by atoms with Gasteiger partial charge in [0.1, 0.15) is 0 Å². The van der Waals surface area contributed by atoms with Crippen molar-refractivity contribution in [2.24, 2.45) is 0 Å². The fourth-order valence-corrected chi connectivity index (χ4v) is 1.63. The van der Waals surface area contributed by atoms with Crippen molar-refractivity contribution in [3.63, 3.8) is 0 Å². The highest BCUT2D eigenvalue weighted by Crippen LogP contribution is 2.08. The molecule has 3 heteroatoms. The second-order valence-electron chi connectivity index (χ2n) is 2.70. The quantitative estimate of drug-likeness (QED) is 0.805. The first-order chi connectivity index (χ1) is 6.45. The van der Waals surface area contributed by atoms with E-state index in [2.05, 4.69) is 15.7 Å². The molecule has 1 heterocycles. The Balaban J connectivity index is 1.94. The smallest absolute Gasteiger partial charge is 0.0795 e. The lowest BCUT2D eigenvalue weighted by Gasteiger charge is -2.02. The van der Waals surface area contributed by atoms with Gasteiger partial charge in [0.15, 0.2) is 0 Å². The third-order valence-electron chi connectivity index (χ3n) is 1.73. The van der Waals surface area contributed by atoms with Crippen LogP contribution in [0.25, 0.3) is 0 Å². The maximum absolute atomic E-state index is 4.19. The zero-order valence-electron chi connectivity index (χ0n) is 7.10. The van der Waals surface area contributed by atoms with E-state index in [1.165, 1.54) is 0 Å². The van der Waals surface area contributed by atoms with E-state index in [9.17, 15) is 0 Å². The third kappa shape index (κ3) is 2.29. The standard InChI is InChI=1S/C10H10N2S/c1-2-4-9(5-3-1)11-6-10-7-13-8-12-10/h1-5,7-8,11H,6H2. The number of nitrogens with zero attached hydrogens (tertiary/aromatic N) is 1. The van der Waals surface area contributed by atoms with E-state index < -0.39 is 0 Å². The van der Waals surface area contributed by atoms with Crippen LogP contribution in [0.3, 0.4) is 0 Å². The van der Waals surface area contributed by atoms with E-state index in [1.54, 1.807) is 11.3 Å². The first-order valence-corrected chi connectivity index (χ1v) is 5.05. The van der Waals surface area contributed by atoms with Crippen LogP contribution in [0.15, 0.2) is 41.2 Å². The number of hydrogen-bond acceptors (Lipinski definition) is 3. The molecular formula is C10H10N2S. The molecule has 0 aliphatic carbocycles. The summed E-state index contributed by atoms with van der Waals surface area (Å²) in [6.45, 7) is 0.799. The van der Waals surface area contributed by atoms with Crippen molar-refractivity contribution in [3.05, 3.63) is 46.9 Å². The molecule has 0 aliphatic heterocycles. The first kappa shape index (κ1) is 8.26. The maximum atomic E-state index is 4.19. The number of rotatable bonds is 3. The maximum Gasteiger partial charge on any atom is 0.0795 e. The molecule has 0 saturated heterocycles. The predicted molar refractivity (Wildman–Crippen MR) is 55.9 cm³/mol. The van der Waals surface area contributed by atoms with Crippen molar-refractivity contribution in [2.45, 2.75) is 6.54 Å². The van der Waals surface area contributed by atoms with Gasteiger partial charge in [0.05, 0.1) is 17.7 Å². The van der Waals surface area contributed by atoms with Gasteiger partial charge in [0.2, 0.25) is 0 Å². The molecule has 66 valence electrons. The number of nitrogens with one attached hydrogen (secondary N) is 1. The largest absolute Gasteiger partial charge is 0.379 e. The molecule has 0 saturated carbocycles. The van der Waals surface area contributed by atoms with E-state index in [4.69, 9.17) is 0 Å². The SMILES string of the molecule is c1ccc(NCc2cscn2)cc1. The lowest BCUT2D eigenvalue weighted by atomic mass is 10.3. The monoisotopic (exact) mass is 190 g/mol. The summed E-state index contributed by atoms with van der Waals surface area (Å²) in [5.41, 5.74) is 4.08. The van der Waals surface area contributed by atoms with Gasteiger partial charge in [-0.05, 0) is 12.1 Å². The second-order valence-corrected chi connectivity index (χ2v) is 3.42. The Kier molecular flexibility index (Phi) is 2.57. The highest BCUT2D eigenvalue weighted by molar-refractivity contribution is 7.07. The van der Waals surface area contributed by atoms with Gasteiger partial charge < -0.3 is 5.32 Å². The van der Waals surface area contributed by atoms with Gasteiger partial charge in [-0.15, -0.1) is 11.3 Å². The summed E-state index contributed by atoms with van der Waals surface area (Å²) in [5.74, 6) is 0. The molecule has 0 radical (unpaired) electrons. The minimum Gasteiger partial charge on any atom is -0.379 e. The number of hydrogen-bond donors (Lipinski definition) is 1. The molecule has 0 fully saturated rings. The second kappa shape index (κ2) is 4.05. The molecule has 1 N–H and O–H groups in total. The normalized spacial score (nSPS) is 9.85. The number of anilines is 1. The molecule has 1 aromatic heterocycles. The summed E-state index contributed by atoms with van der Waals surface area (Å²) < 4.78 is 0. The van der Waals surface area contributed by atoms with Crippen LogP contribution in [-0.4, -0.2) is 4.98 Å². The zero-order valence-corrected chi connectivity index (χ0v) is 7.92. The summed E-state index contributed by atoms with van der Waals surface area (Å²) in [5, 5.41) is 5.34. The minimum absolute atomic E-state index is 0.799. The van der Waals surface area contributed by atoms with Gasteiger partial charge >= 0.3 is 0 Å². The van der Waals surface area contributed by atoms with Gasteiger partial charge in [0.25, 0.3) is 0 Å². The molecule has 0 unspecified atom stereocenters. The van der Waals surface area contributed by atoms with E-state index in [0.717, 1.165) is 17.9 Å². The van der Waals surface area contributed by atoms with Gasteiger partial charge in [-0.3, -0.25) is 0 Å². The lowest BCUT2D eigenvalue weighted by Crippen LogP contribution is -1.98. The van der Waals surface area contributed by atoms with Crippen LogP contribution < -0.4 is 5.32 Å². The molecule has 0 amide bonds. The summed E-state index contributed by atoms with van der Waals surface area (Å²) in [4.78, 5) is 4.19. The summed E-state index contributed by atoms with van der Waals surface area (Å²) in [6.07, 6.45) is 0.